The van der Waals surface area contributed by atoms with E-state index in [1.807, 2.05) is 51.1 Å². The first-order valence-corrected chi connectivity index (χ1v) is 15.7. The predicted molar refractivity (Wildman–Crippen MR) is 170 cm³/mol. The van der Waals surface area contributed by atoms with E-state index in [4.69, 9.17) is 37.4 Å². The number of hydrogen-bond donors (Lipinski definition) is 2. The maximum atomic E-state index is 13.1. The molecule has 0 spiro atoms. The molecule has 44 heavy (non-hydrogen) atoms. The van der Waals surface area contributed by atoms with E-state index in [9.17, 15) is 19.5 Å². The van der Waals surface area contributed by atoms with Crippen molar-refractivity contribution in [2.45, 2.75) is 65.0 Å². The number of unbranched alkanes of at least 4 members (excludes halogenated alkanes) is 2. The highest BCUT2D eigenvalue weighted by atomic mass is 35.5. The lowest BCUT2D eigenvalue weighted by Gasteiger charge is -2.35. The van der Waals surface area contributed by atoms with Crippen LogP contribution in [0.3, 0.4) is 0 Å². The molecule has 1 aliphatic rings. The highest BCUT2D eigenvalue weighted by Gasteiger charge is 2.28. The Bertz CT molecular complexity index is 1260. The van der Waals surface area contributed by atoms with Gasteiger partial charge in [0, 0.05) is 32.6 Å². The van der Waals surface area contributed by atoms with Crippen molar-refractivity contribution in [3.63, 3.8) is 0 Å². The van der Waals surface area contributed by atoms with Crippen molar-refractivity contribution in [2.24, 2.45) is 0 Å². The fourth-order valence-corrected chi connectivity index (χ4v) is 5.25. The smallest absolute Gasteiger partial charge is 0.410 e. The van der Waals surface area contributed by atoms with E-state index < -0.39 is 29.3 Å². The van der Waals surface area contributed by atoms with Gasteiger partial charge in [-0.25, -0.2) is 9.59 Å². The summed E-state index contributed by atoms with van der Waals surface area (Å²) in [5.74, 6) is -1.72. The topological polar surface area (TPSA) is 118 Å². The van der Waals surface area contributed by atoms with Gasteiger partial charge in [-0.05, 0) is 65.1 Å². The molecule has 0 saturated carbocycles. The number of phenols is 1. The maximum Gasteiger partial charge on any atom is 0.410 e. The van der Waals surface area contributed by atoms with Gasteiger partial charge in [-0.15, -0.1) is 0 Å². The van der Waals surface area contributed by atoms with Crippen molar-refractivity contribution in [3.8, 4) is 11.5 Å². The molecule has 1 fully saturated rings. The second-order valence-corrected chi connectivity index (χ2v) is 12.4. The van der Waals surface area contributed by atoms with Gasteiger partial charge >= 0.3 is 12.1 Å². The second-order valence-electron chi connectivity index (χ2n) is 11.6. The third kappa shape index (κ3) is 10.7. The van der Waals surface area contributed by atoms with Crippen molar-refractivity contribution < 1.29 is 33.7 Å². The Labute approximate surface area is 269 Å². The summed E-state index contributed by atoms with van der Waals surface area (Å²) in [7, 11) is 0. The summed E-state index contributed by atoms with van der Waals surface area (Å²) in [6.45, 7) is 11.5. The zero-order chi connectivity index (χ0) is 32.3. The van der Waals surface area contributed by atoms with Crippen LogP contribution in [0.1, 0.15) is 62.9 Å². The highest BCUT2D eigenvalue weighted by Crippen LogP contribution is 2.42. The van der Waals surface area contributed by atoms with Crippen LogP contribution >= 0.6 is 23.2 Å². The number of aromatic hydroxyl groups is 1. The molecular formula is C32H43Cl2N3O7. The number of amides is 2. The summed E-state index contributed by atoms with van der Waals surface area (Å²) in [6.07, 6.45) is 2.51. The van der Waals surface area contributed by atoms with Crippen molar-refractivity contribution in [2.75, 3.05) is 45.9 Å². The van der Waals surface area contributed by atoms with Gasteiger partial charge in [-0.3, -0.25) is 9.69 Å². The third-order valence-corrected chi connectivity index (χ3v) is 7.57. The molecule has 2 N–H and O–H groups in total. The van der Waals surface area contributed by atoms with Crippen LogP contribution in [0, 0.1) is 0 Å². The standard InChI is InChI=1S/C32H43Cl2N3O7/c1-5-42-30(40)25(20-22-12-8-6-9-13-22)35-29(39)23-21-24(33)28(26(34)27(23)38)43-19-11-7-10-14-36-15-17-37(18-16-36)31(41)44-32(2,3)4/h6,8-9,12-13,21,25,38H,5,7,10-11,14-20H2,1-4H3,(H,35,39)/t25-/m0/s1. The monoisotopic (exact) mass is 651 g/mol. The lowest BCUT2D eigenvalue weighted by Crippen LogP contribution is -2.50. The molecule has 0 radical (unpaired) electrons. The Kier molecular flexibility index (Phi) is 13.4. The van der Waals surface area contributed by atoms with Crippen molar-refractivity contribution >= 4 is 41.2 Å². The van der Waals surface area contributed by atoms with E-state index in [2.05, 4.69) is 10.2 Å². The third-order valence-electron chi connectivity index (χ3n) is 6.94. The molecule has 1 aliphatic heterocycles. The molecule has 1 atom stereocenters. The number of nitrogens with one attached hydrogen (secondary N) is 1. The number of carbonyl (C=O) groups is 3. The predicted octanol–water partition coefficient (Wildman–Crippen LogP) is 5.71. The van der Waals surface area contributed by atoms with E-state index in [-0.39, 0.29) is 40.5 Å². The summed E-state index contributed by atoms with van der Waals surface area (Å²) in [5.41, 5.74) is 0.148. The molecule has 10 nitrogen and oxygen atoms in total. The fourth-order valence-electron chi connectivity index (χ4n) is 4.69. The van der Waals surface area contributed by atoms with Gasteiger partial charge in [0.05, 0.1) is 23.8 Å². The Balaban J connectivity index is 1.47. The number of benzene rings is 2. The quantitative estimate of drug-likeness (QED) is 0.209. The van der Waals surface area contributed by atoms with Crippen LogP contribution in [0.15, 0.2) is 36.4 Å². The Hall–Kier alpha value is -3.21. The van der Waals surface area contributed by atoms with Crippen LogP contribution in [-0.2, 0) is 20.7 Å². The first-order valence-electron chi connectivity index (χ1n) is 14.9. The molecule has 3 rings (SSSR count). The van der Waals surface area contributed by atoms with Gasteiger partial charge in [0.1, 0.15) is 16.7 Å². The number of nitrogens with zero attached hydrogens (tertiary/aromatic N) is 2. The van der Waals surface area contributed by atoms with Gasteiger partial charge in [0.2, 0.25) is 0 Å². The molecule has 12 heteroatoms. The summed E-state index contributed by atoms with van der Waals surface area (Å²) in [5, 5.41) is 13.2. The van der Waals surface area contributed by atoms with Crippen LogP contribution in [0.4, 0.5) is 4.79 Å². The van der Waals surface area contributed by atoms with Crippen LogP contribution in [0.2, 0.25) is 10.0 Å². The Morgan fingerprint density at radius 1 is 1.02 bits per heavy atom. The van der Waals surface area contributed by atoms with Crippen LogP contribution < -0.4 is 10.1 Å². The molecule has 1 saturated heterocycles. The zero-order valence-electron chi connectivity index (χ0n) is 25.9. The van der Waals surface area contributed by atoms with Crippen LogP contribution in [0.25, 0.3) is 0 Å². The van der Waals surface area contributed by atoms with Gasteiger partial charge in [-0.1, -0.05) is 53.5 Å². The van der Waals surface area contributed by atoms with E-state index in [1.54, 1.807) is 11.8 Å². The zero-order valence-corrected chi connectivity index (χ0v) is 27.4. The van der Waals surface area contributed by atoms with Gasteiger partial charge in [0.25, 0.3) is 5.91 Å². The molecule has 0 aliphatic carbocycles. The highest BCUT2D eigenvalue weighted by molar-refractivity contribution is 6.39. The van der Waals surface area contributed by atoms with Crippen molar-refractivity contribution in [1.82, 2.24) is 15.1 Å². The number of ether oxygens (including phenoxy) is 3. The molecule has 2 amide bonds. The molecule has 242 valence electrons. The largest absolute Gasteiger partial charge is 0.505 e. The first kappa shape index (κ1) is 35.3. The summed E-state index contributed by atoms with van der Waals surface area (Å²) in [4.78, 5) is 42.0. The number of piperazine rings is 1. The van der Waals surface area contributed by atoms with Crippen LogP contribution in [-0.4, -0.2) is 90.5 Å². The van der Waals surface area contributed by atoms with E-state index in [1.165, 1.54) is 6.07 Å². The van der Waals surface area contributed by atoms with Crippen LogP contribution in [0.5, 0.6) is 11.5 Å². The minimum atomic E-state index is -0.980. The Morgan fingerprint density at radius 2 is 1.70 bits per heavy atom. The molecule has 0 aromatic heterocycles. The number of hydrogen-bond acceptors (Lipinski definition) is 8. The SMILES string of the molecule is CCOC(=O)[C@H](Cc1ccccc1)NC(=O)c1cc(Cl)c(OCCCCCN2CCN(C(=O)OC(C)(C)C)CC2)c(Cl)c1O. The molecular weight excluding hydrogens is 609 g/mol. The number of rotatable bonds is 13. The number of carbonyl (C=O) groups excluding carboxylic acids is 3. The average Bonchev–Trinajstić information content (AvgIpc) is 2.97. The fraction of sp³-hybridized carbons (Fsp3) is 0.531. The number of esters is 1. The van der Waals surface area contributed by atoms with Gasteiger partial charge < -0.3 is 29.5 Å². The average molecular weight is 653 g/mol. The second kappa shape index (κ2) is 16.7. The van der Waals surface area contributed by atoms with Gasteiger partial charge in [-0.2, -0.15) is 0 Å². The lowest BCUT2D eigenvalue weighted by molar-refractivity contribution is -0.145. The molecule has 2 aromatic carbocycles. The summed E-state index contributed by atoms with van der Waals surface area (Å²) in [6, 6.07) is 9.49. The molecule has 2 aromatic rings. The maximum absolute atomic E-state index is 13.1. The van der Waals surface area contributed by atoms with E-state index in [0.29, 0.717) is 19.7 Å². The van der Waals surface area contributed by atoms with Crippen molar-refractivity contribution in [1.29, 1.82) is 0 Å². The lowest BCUT2D eigenvalue weighted by atomic mass is 10.1. The Morgan fingerprint density at radius 3 is 2.34 bits per heavy atom. The minimum Gasteiger partial charge on any atom is -0.505 e. The minimum absolute atomic E-state index is 0.0663. The van der Waals surface area contributed by atoms with E-state index in [0.717, 1.165) is 44.5 Å². The number of phenolic OH excluding ortho intramolecular Hbond substituents is 1. The first-order chi connectivity index (χ1) is 20.9. The van der Waals surface area contributed by atoms with Gasteiger partial charge in [0.15, 0.2) is 11.5 Å². The molecule has 0 unspecified atom stereocenters. The summed E-state index contributed by atoms with van der Waals surface area (Å²) < 4.78 is 16.4. The summed E-state index contributed by atoms with van der Waals surface area (Å²) >= 11 is 12.8. The molecule has 1 heterocycles. The van der Waals surface area contributed by atoms with E-state index >= 15 is 0 Å². The number of halogens is 2. The normalized spacial score (nSPS) is 14.5. The molecule has 0 bridgehead atoms. The van der Waals surface area contributed by atoms with Crippen molar-refractivity contribution in [3.05, 3.63) is 57.6 Å².